The van der Waals surface area contributed by atoms with Crippen LogP contribution in [0.5, 0.6) is 0 Å². The Bertz CT molecular complexity index is 1540. The molecule has 2 aliphatic heterocycles. The summed E-state index contributed by atoms with van der Waals surface area (Å²) in [6.45, 7) is 18.9. The number of nitrogens with zero attached hydrogens (tertiary/aromatic N) is 2. The van der Waals surface area contributed by atoms with Crippen molar-refractivity contribution in [2.45, 2.75) is 112 Å². The fourth-order valence-corrected chi connectivity index (χ4v) is 7.76. The number of carbonyl (C=O) groups is 6. The zero-order chi connectivity index (χ0) is 36.9. The summed E-state index contributed by atoms with van der Waals surface area (Å²) in [5.74, 6) is -2.05. The third-order valence-electron chi connectivity index (χ3n) is 11.3. The second kappa shape index (κ2) is 13.6. The number of benzene rings is 1. The van der Waals surface area contributed by atoms with Crippen molar-refractivity contribution in [3.63, 3.8) is 0 Å². The molecule has 12 heteroatoms. The van der Waals surface area contributed by atoms with Gasteiger partial charge in [0.1, 0.15) is 12.1 Å². The van der Waals surface area contributed by atoms with Gasteiger partial charge in [0, 0.05) is 31.7 Å². The molecule has 0 radical (unpaired) electrons. The Kier molecular flexibility index (Phi) is 10.2. The van der Waals surface area contributed by atoms with Gasteiger partial charge in [-0.2, -0.15) is 0 Å². The van der Waals surface area contributed by atoms with Crippen LogP contribution in [0, 0.1) is 34.0 Å². The molecule has 5 rings (SSSR count). The van der Waals surface area contributed by atoms with Crippen molar-refractivity contribution in [1.82, 2.24) is 31.1 Å². The first-order valence-corrected chi connectivity index (χ1v) is 18.1. The zero-order valence-electron chi connectivity index (χ0n) is 31.1. The maximum absolute atomic E-state index is 14.5. The molecular weight excluding hydrogens is 636 g/mol. The van der Waals surface area contributed by atoms with E-state index in [0.29, 0.717) is 38.2 Å². The molecule has 3 fully saturated rings. The zero-order valence-corrected chi connectivity index (χ0v) is 31.1. The number of nitrogens with one attached hydrogen (secondary N) is 4. The number of urea groups is 1. The van der Waals surface area contributed by atoms with E-state index in [9.17, 15) is 28.8 Å². The molecular formula is C38H56N6O6. The molecule has 0 aromatic heterocycles. The average Bonchev–Trinajstić information content (AvgIpc) is 3.83. The maximum atomic E-state index is 14.5. The van der Waals surface area contributed by atoms with Gasteiger partial charge in [-0.05, 0) is 59.0 Å². The molecule has 4 aliphatic rings. The Hall–Kier alpha value is -3.96. The van der Waals surface area contributed by atoms with E-state index < -0.39 is 58.6 Å². The van der Waals surface area contributed by atoms with Crippen LogP contribution < -0.4 is 21.3 Å². The summed E-state index contributed by atoms with van der Waals surface area (Å²) in [7, 11) is 0. The fraction of sp³-hybridized carbons (Fsp3) is 0.684. The van der Waals surface area contributed by atoms with Crippen molar-refractivity contribution in [3.8, 4) is 0 Å². The topological polar surface area (TPSA) is 157 Å². The lowest BCUT2D eigenvalue weighted by Gasteiger charge is -2.39. The van der Waals surface area contributed by atoms with Crippen molar-refractivity contribution < 1.29 is 28.8 Å². The number of fused-ring (bicyclic) bond motifs is 2. The van der Waals surface area contributed by atoms with Crippen LogP contribution in [0.25, 0.3) is 0 Å². The highest BCUT2D eigenvalue weighted by atomic mass is 16.2. The smallest absolute Gasteiger partial charge is 0.315 e. The van der Waals surface area contributed by atoms with E-state index in [1.54, 1.807) is 16.7 Å². The SMILES string of the molecule is CCNC(=O)C(=O)C(CC1CC1)NC(=O)[C@@H]1[C@@H]2[C@H](CN1C(=O)[C@@H](NC(=O)N[C@H](CN1Cc3ccccc3C1=O)C(C)(C)C)C(C)(C)C)C2(C)C. The second-order valence-corrected chi connectivity index (χ2v) is 17.5. The minimum Gasteiger partial charge on any atom is -0.350 e. The molecule has 12 nitrogen and oxygen atoms in total. The van der Waals surface area contributed by atoms with E-state index in [2.05, 4.69) is 35.1 Å². The number of ketones is 1. The van der Waals surface area contributed by atoms with Gasteiger partial charge in [0.25, 0.3) is 11.8 Å². The van der Waals surface area contributed by atoms with E-state index in [4.69, 9.17) is 0 Å². The quantitative estimate of drug-likeness (QED) is 0.247. The van der Waals surface area contributed by atoms with Crippen LogP contribution in [0.2, 0.25) is 0 Å². The van der Waals surface area contributed by atoms with Gasteiger partial charge in [-0.15, -0.1) is 0 Å². The fourth-order valence-electron chi connectivity index (χ4n) is 7.76. The van der Waals surface area contributed by atoms with E-state index in [0.717, 1.165) is 18.4 Å². The summed E-state index contributed by atoms with van der Waals surface area (Å²) < 4.78 is 0. The molecule has 0 bridgehead atoms. The van der Waals surface area contributed by atoms with Gasteiger partial charge in [0.15, 0.2) is 0 Å². The molecule has 1 aromatic rings. The van der Waals surface area contributed by atoms with Gasteiger partial charge < -0.3 is 31.1 Å². The highest BCUT2D eigenvalue weighted by Gasteiger charge is 2.70. The highest BCUT2D eigenvalue weighted by Crippen LogP contribution is 2.65. The number of amides is 6. The lowest BCUT2D eigenvalue weighted by Crippen LogP contribution is -2.62. The summed E-state index contributed by atoms with van der Waals surface area (Å²) in [6.07, 6.45) is 2.27. The lowest BCUT2D eigenvalue weighted by atomic mass is 9.85. The number of likely N-dealkylation sites (N-methyl/N-ethyl adjacent to an activating group) is 1. The number of carbonyl (C=O) groups excluding carboxylic acids is 6. The first kappa shape index (κ1) is 37.3. The van der Waals surface area contributed by atoms with Crippen LogP contribution in [0.3, 0.4) is 0 Å². The predicted molar refractivity (Wildman–Crippen MR) is 189 cm³/mol. The molecule has 6 amide bonds. The molecule has 6 atom stereocenters. The van der Waals surface area contributed by atoms with Gasteiger partial charge in [-0.1, -0.05) is 86.4 Å². The Morgan fingerprint density at radius 1 is 0.940 bits per heavy atom. The van der Waals surface area contributed by atoms with E-state index >= 15 is 0 Å². The van der Waals surface area contributed by atoms with Crippen LogP contribution in [-0.4, -0.2) is 89.0 Å². The van der Waals surface area contributed by atoms with E-state index in [1.807, 2.05) is 65.8 Å². The molecule has 1 saturated heterocycles. The standard InChI is InChI=1S/C38H56N6O6/c1-10-39-32(47)29(45)25(17-21-15-16-21)40-31(46)28-27-24(38(27,8)9)19-44(28)34(49)30(37(5,6)7)42-35(50)41-26(36(2,3)4)20-43-18-22-13-11-12-14-23(22)33(43)48/h11-14,21,24-28,30H,10,15-20H2,1-9H3,(H,39,47)(H,40,46)(H2,41,42,50)/t24-,25?,26+,27-,28-,30+/m0/s1. The van der Waals surface area contributed by atoms with Gasteiger partial charge >= 0.3 is 6.03 Å². The largest absolute Gasteiger partial charge is 0.350 e. The Morgan fingerprint density at radius 2 is 1.60 bits per heavy atom. The van der Waals surface area contributed by atoms with Crippen LogP contribution in [0.15, 0.2) is 24.3 Å². The van der Waals surface area contributed by atoms with Gasteiger partial charge in [0.05, 0.1) is 12.1 Å². The van der Waals surface area contributed by atoms with Crippen molar-refractivity contribution >= 4 is 35.4 Å². The van der Waals surface area contributed by atoms with E-state index in [-0.39, 0.29) is 35.0 Å². The lowest BCUT2D eigenvalue weighted by molar-refractivity contribution is -0.145. The minimum absolute atomic E-state index is 0.0771. The molecule has 1 aromatic carbocycles. The van der Waals surface area contributed by atoms with Crippen molar-refractivity contribution in [2.24, 2.45) is 34.0 Å². The number of hydrogen-bond donors (Lipinski definition) is 4. The van der Waals surface area contributed by atoms with Gasteiger partial charge in [0.2, 0.25) is 17.6 Å². The molecule has 2 saturated carbocycles. The molecule has 274 valence electrons. The van der Waals surface area contributed by atoms with Gasteiger partial charge in [-0.3, -0.25) is 24.0 Å². The van der Waals surface area contributed by atoms with Crippen LogP contribution in [0.4, 0.5) is 4.79 Å². The first-order chi connectivity index (χ1) is 23.2. The average molecular weight is 693 g/mol. The van der Waals surface area contributed by atoms with Crippen LogP contribution in [0.1, 0.15) is 97.5 Å². The summed E-state index contributed by atoms with van der Waals surface area (Å²) in [6, 6.07) is 3.75. The minimum atomic E-state index is -0.976. The molecule has 2 heterocycles. The highest BCUT2D eigenvalue weighted by molar-refractivity contribution is 6.38. The third-order valence-corrected chi connectivity index (χ3v) is 11.3. The van der Waals surface area contributed by atoms with Crippen molar-refractivity contribution in [3.05, 3.63) is 35.4 Å². The number of hydrogen-bond acceptors (Lipinski definition) is 6. The summed E-state index contributed by atoms with van der Waals surface area (Å²) >= 11 is 0. The number of Topliss-reactive ketones (excluding diaryl/α,β-unsaturated/α-hetero) is 1. The monoisotopic (exact) mass is 692 g/mol. The summed E-state index contributed by atoms with van der Waals surface area (Å²) in [5.41, 5.74) is 0.306. The molecule has 0 spiro atoms. The van der Waals surface area contributed by atoms with E-state index in [1.165, 1.54) is 0 Å². The number of piperidine rings is 1. The first-order valence-electron chi connectivity index (χ1n) is 18.1. The Morgan fingerprint density at radius 3 is 2.18 bits per heavy atom. The predicted octanol–water partition coefficient (Wildman–Crippen LogP) is 3.24. The Labute approximate surface area is 296 Å². The number of rotatable bonds is 12. The molecule has 1 unspecified atom stereocenters. The molecule has 2 aliphatic carbocycles. The third kappa shape index (κ3) is 7.68. The summed E-state index contributed by atoms with van der Waals surface area (Å²) in [5, 5.41) is 11.4. The Balaban J connectivity index is 1.31. The van der Waals surface area contributed by atoms with Gasteiger partial charge in [-0.25, -0.2) is 4.79 Å². The molecule has 4 N–H and O–H groups in total. The number of likely N-dealkylation sites (tertiary alicyclic amines) is 1. The second-order valence-electron chi connectivity index (χ2n) is 17.5. The van der Waals surface area contributed by atoms with Crippen LogP contribution in [-0.2, 0) is 25.7 Å². The summed E-state index contributed by atoms with van der Waals surface area (Å²) in [4.78, 5) is 84.4. The van der Waals surface area contributed by atoms with Crippen molar-refractivity contribution in [1.29, 1.82) is 0 Å². The van der Waals surface area contributed by atoms with Crippen molar-refractivity contribution in [2.75, 3.05) is 19.6 Å². The normalized spacial score (nSPS) is 24.0. The molecule has 50 heavy (non-hydrogen) atoms. The maximum Gasteiger partial charge on any atom is 0.315 e. The van der Waals surface area contributed by atoms with Crippen LogP contribution >= 0.6 is 0 Å².